The van der Waals surface area contributed by atoms with E-state index < -0.39 is 0 Å². The topological polar surface area (TPSA) is 76.7 Å². The second-order valence-corrected chi connectivity index (χ2v) is 6.53. The maximum absolute atomic E-state index is 11.9. The van der Waals surface area contributed by atoms with Gasteiger partial charge in [0.25, 0.3) is 11.8 Å². The number of carbonyl (C=O) groups is 2. The van der Waals surface area contributed by atoms with Crippen LogP contribution in [0.25, 0.3) is 0 Å². The van der Waals surface area contributed by atoms with E-state index in [0.717, 1.165) is 0 Å². The smallest absolute Gasteiger partial charge is 0.258 e. The quantitative estimate of drug-likeness (QED) is 0.665. The van der Waals surface area contributed by atoms with Crippen molar-refractivity contribution in [3.8, 4) is 11.5 Å². The van der Waals surface area contributed by atoms with Gasteiger partial charge in [0.2, 0.25) is 0 Å². The Bertz CT molecular complexity index is 786. The molecule has 6 nitrogen and oxygen atoms in total. The van der Waals surface area contributed by atoms with Gasteiger partial charge < -0.3 is 20.1 Å². The summed E-state index contributed by atoms with van der Waals surface area (Å²) in [6.45, 7) is 1.68. The number of ether oxygens (including phenoxy) is 2. The van der Waals surface area contributed by atoms with Crippen LogP contribution in [-0.2, 0) is 9.59 Å². The van der Waals surface area contributed by atoms with E-state index in [-0.39, 0.29) is 37.6 Å². The molecule has 2 aromatic rings. The van der Waals surface area contributed by atoms with Crippen molar-refractivity contribution in [3.05, 3.63) is 58.6 Å². The molecule has 0 aliphatic heterocycles. The summed E-state index contributed by atoms with van der Waals surface area (Å²) in [5, 5.41) is 6.27. The van der Waals surface area contributed by atoms with Gasteiger partial charge in [0.05, 0.1) is 10.0 Å². The van der Waals surface area contributed by atoms with Gasteiger partial charge in [-0.15, -0.1) is 0 Å². The first-order valence-electron chi connectivity index (χ1n) is 8.26. The lowest BCUT2D eigenvalue weighted by Crippen LogP contribution is -2.44. The summed E-state index contributed by atoms with van der Waals surface area (Å²) in [6, 6.07) is 13.5. The molecule has 0 heterocycles. The zero-order valence-corrected chi connectivity index (χ0v) is 16.2. The van der Waals surface area contributed by atoms with Gasteiger partial charge in [0.1, 0.15) is 11.5 Å². The summed E-state index contributed by atoms with van der Waals surface area (Å²) in [5.74, 6) is 0.242. The van der Waals surface area contributed by atoms with Crippen LogP contribution in [0.5, 0.6) is 11.5 Å². The molecule has 2 amide bonds. The van der Waals surface area contributed by atoms with E-state index in [1.165, 1.54) is 0 Å². The summed E-state index contributed by atoms with van der Waals surface area (Å²) in [4.78, 5) is 23.7. The van der Waals surface area contributed by atoms with Crippen molar-refractivity contribution in [2.75, 3.05) is 19.8 Å². The van der Waals surface area contributed by atoms with E-state index in [9.17, 15) is 9.59 Å². The highest BCUT2D eigenvalue weighted by atomic mass is 35.5. The molecule has 2 N–H and O–H groups in total. The fraction of sp³-hybridized carbons (Fsp3) is 0.263. The minimum Gasteiger partial charge on any atom is -0.482 e. The van der Waals surface area contributed by atoms with Crippen LogP contribution < -0.4 is 20.1 Å². The first-order chi connectivity index (χ1) is 13.0. The number of amides is 2. The Balaban J connectivity index is 1.65. The number of benzene rings is 2. The lowest BCUT2D eigenvalue weighted by atomic mass is 10.3. The molecule has 0 bridgehead atoms. The first-order valence-corrected chi connectivity index (χ1v) is 9.02. The fourth-order valence-electron chi connectivity index (χ4n) is 2.10. The summed E-state index contributed by atoms with van der Waals surface area (Å²) < 4.78 is 10.7. The van der Waals surface area contributed by atoms with Gasteiger partial charge in [-0.25, -0.2) is 0 Å². The Labute approximate surface area is 167 Å². The monoisotopic (exact) mass is 410 g/mol. The van der Waals surface area contributed by atoms with Crippen LogP contribution in [0.3, 0.4) is 0 Å². The normalized spacial score (nSPS) is 11.4. The molecule has 0 aliphatic carbocycles. The number of carbonyl (C=O) groups excluding carboxylic acids is 2. The number of hydrogen-bond acceptors (Lipinski definition) is 4. The largest absolute Gasteiger partial charge is 0.482 e. The van der Waals surface area contributed by atoms with E-state index in [0.29, 0.717) is 21.5 Å². The Morgan fingerprint density at radius 2 is 1.37 bits per heavy atom. The molecular formula is C19H20Cl2N2O4. The van der Waals surface area contributed by atoms with Crippen LogP contribution >= 0.6 is 23.2 Å². The average Bonchev–Trinajstić information content (AvgIpc) is 2.65. The van der Waals surface area contributed by atoms with Gasteiger partial charge in [-0.05, 0) is 31.2 Å². The van der Waals surface area contributed by atoms with Crippen molar-refractivity contribution >= 4 is 35.0 Å². The second kappa shape index (κ2) is 10.6. The molecule has 0 fully saturated rings. The Kier molecular flexibility index (Phi) is 8.23. The maximum atomic E-state index is 11.9. The van der Waals surface area contributed by atoms with E-state index in [1.54, 1.807) is 55.5 Å². The standard InChI is InChI=1S/C19H20Cl2N2O4/c1-13(23-19(25)12-27-17-9-5-3-7-15(17)21)10-22-18(24)11-26-16-8-4-2-6-14(16)20/h2-9,13H,10-12H2,1H3,(H,22,24)(H,23,25). The molecule has 1 unspecified atom stereocenters. The van der Waals surface area contributed by atoms with Gasteiger partial charge in [0, 0.05) is 12.6 Å². The minimum absolute atomic E-state index is 0.167. The lowest BCUT2D eigenvalue weighted by molar-refractivity contribution is -0.125. The molecule has 1 atom stereocenters. The van der Waals surface area contributed by atoms with Gasteiger partial charge in [-0.2, -0.15) is 0 Å². The van der Waals surface area contributed by atoms with E-state index in [1.807, 2.05) is 0 Å². The highest BCUT2D eigenvalue weighted by molar-refractivity contribution is 6.32. The van der Waals surface area contributed by atoms with Crippen LogP contribution in [0.15, 0.2) is 48.5 Å². The number of hydrogen-bond donors (Lipinski definition) is 2. The molecule has 144 valence electrons. The van der Waals surface area contributed by atoms with Gasteiger partial charge in [-0.3, -0.25) is 9.59 Å². The van der Waals surface area contributed by atoms with Crippen molar-refractivity contribution in [3.63, 3.8) is 0 Å². The van der Waals surface area contributed by atoms with Crippen LogP contribution in [0, 0.1) is 0 Å². The predicted octanol–water partition coefficient (Wildman–Crippen LogP) is 3.07. The summed E-state index contributed by atoms with van der Waals surface area (Å²) in [5.41, 5.74) is 0. The molecular weight excluding hydrogens is 391 g/mol. The van der Waals surface area contributed by atoms with E-state index in [2.05, 4.69) is 10.6 Å². The first kappa shape index (κ1) is 20.9. The lowest BCUT2D eigenvalue weighted by Gasteiger charge is -2.15. The second-order valence-electron chi connectivity index (χ2n) is 5.71. The predicted molar refractivity (Wildman–Crippen MR) is 105 cm³/mol. The molecule has 0 aliphatic rings. The molecule has 0 saturated carbocycles. The number of nitrogens with one attached hydrogen (secondary N) is 2. The van der Waals surface area contributed by atoms with Gasteiger partial charge in [0.15, 0.2) is 13.2 Å². The molecule has 0 aromatic heterocycles. The molecule has 2 rings (SSSR count). The third-order valence-electron chi connectivity index (χ3n) is 3.40. The highest BCUT2D eigenvalue weighted by Crippen LogP contribution is 2.23. The molecule has 0 saturated heterocycles. The fourth-order valence-corrected chi connectivity index (χ4v) is 2.48. The Hall–Kier alpha value is -2.44. The average molecular weight is 411 g/mol. The van der Waals surface area contributed by atoms with Crippen LogP contribution in [-0.4, -0.2) is 37.6 Å². The van der Waals surface area contributed by atoms with Crippen molar-refractivity contribution in [2.24, 2.45) is 0 Å². The minimum atomic E-state index is -0.316. The highest BCUT2D eigenvalue weighted by Gasteiger charge is 2.11. The van der Waals surface area contributed by atoms with Crippen LogP contribution in [0.4, 0.5) is 0 Å². The third-order valence-corrected chi connectivity index (χ3v) is 4.03. The van der Waals surface area contributed by atoms with E-state index >= 15 is 0 Å². The zero-order valence-electron chi connectivity index (χ0n) is 14.7. The van der Waals surface area contributed by atoms with Crippen molar-refractivity contribution in [1.29, 1.82) is 0 Å². The van der Waals surface area contributed by atoms with Crippen molar-refractivity contribution in [1.82, 2.24) is 10.6 Å². The van der Waals surface area contributed by atoms with Crippen molar-refractivity contribution in [2.45, 2.75) is 13.0 Å². The van der Waals surface area contributed by atoms with Crippen LogP contribution in [0.1, 0.15) is 6.92 Å². The van der Waals surface area contributed by atoms with Gasteiger partial charge >= 0.3 is 0 Å². The number of rotatable bonds is 9. The molecule has 8 heteroatoms. The summed E-state index contributed by atoms with van der Waals surface area (Å²) in [7, 11) is 0. The third kappa shape index (κ3) is 7.37. The number of para-hydroxylation sites is 2. The Morgan fingerprint density at radius 3 is 1.89 bits per heavy atom. The maximum Gasteiger partial charge on any atom is 0.258 e. The van der Waals surface area contributed by atoms with E-state index in [4.69, 9.17) is 32.7 Å². The summed E-state index contributed by atoms with van der Waals surface area (Å²) in [6.07, 6.45) is 0. The molecule has 0 spiro atoms. The molecule has 27 heavy (non-hydrogen) atoms. The van der Waals surface area contributed by atoms with Crippen LogP contribution in [0.2, 0.25) is 10.0 Å². The SMILES string of the molecule is CC(CNC(=O)COc1ccccc1Cl)NC(=O)COc1ccccc1Cl. The number of halogens is 2. The Morgan fingerprint density at radius 1 is 0.889 bits per heavy atom. The molecule has 0 radical (unpaired) electrons. The van der Waals surface area contributed by atoms with Gasteiger partial charge in [-0.1, -0.05) is 47.5 Å². The molecule has 2 aromatic carbocycles. The van der Waals surface area contributed by atoms with Crippen molar-refractivity contribution < 1.29 is 19.1 Å². The summed E-state index contributed by atoms with van der Waals surface area (Å²) >= 11 is 11.9. The zero-order chi connectivity index (χ0) is 19.6.